The summed E-state index contributed by atoms with van der Waals surface area (Å²) >= 11 is 4.77. The van der Waals surface area contributed by atoms with E-state index in [9.17, 15) is 9.00 Å². The van der Waals surface area contributed by atoms with Gasteiger partial charge in [-0.1, -0.05) is 0 Å². The molecule has 0 aromatic carbocycles. The highest BCUT2D eigenvalue weighted by Gasteiger charge is 2.22. The molecule has 1 aromatic rings. The maximum absolute atomic E-state index is 11.9. The number of hydrogen-bond acceptors (Lipinski definition) is 3. The Morgan fingerprint density at radius 2 is 2.07 bits per heavy atom. The number of carbonyl (C=O) groups is 1. The average molecular weight is 308 g/mol. The predicted octanol–water partition coefficient (Wildman–Crippen LogP) is 1.72. The van der Waals surface area contributed by atoms with Crippen molar-refractivity contribution < 1.29 is 9.00 Å². The number of nitrogens with zero attached hydrogens (tertiary/aromatic N) is 1. The molecule has 1 aromatic heterocycles. The van der Waals surface area contributed by atoms with Crippen LogP contribution in [-0.4, -0.2) is 39.6 Å². The van der Waals surface area contributed by atoms with E-state index in [0.29, 0.717) is 24.6 Å². The standard InChI is InChI=1S/C9H10BrNO2S2/c10-8-2-1-7(14-8)9(12)11-3-5-15(13)6-4-11/h1-2H,3-6H2. The van der Waals surface area contributed by atoms with Crippen LogP contribution in [-0.2, 0) is 10.8 Å². The molecule has 0 saturated carbocycles. The Kier molecular flexibility index (Phi) is 3.58. The summed E-state index contributed by atoms with van der Waals surface area (Å²) in [6.07, 6.45) is 0. The molecule has 0 aliphatic carbocycles. The van der Waals surface area contributed by atoms with E-state index in [1.165, 1.54) is 11.3 Å². The number of amides is 1. The quantitative estimate of drug-likeness (QED) is 0.792. The Hall–Kier alpha value is -0.200. The molecule has 0 spiro atoms. The third kappa shape index (κ3) is 2.68. The lowest BCUT2D eigenvalue weighted by molar-refractivity contribution is 0.0776. The van der Waals surface area contributed by atoms with Crippen molar-refractivity contribution in [1.29, 1.82) is 0 Å². The molecule has 1 aliphatic heterocycles. The van der Waals surface area contributed by atoms with Crippen LogP contribution in [0.5, 0.6) is 0 Å². The highest BCUT2D eigenvalue weighted by atomic mass is 79.9. The molecule has 0 bridgehead atoms. The van der Waals surface area contributed by atoms with Crippen molar-refractivity contribution in [2.45, 2.75) is 0 Å². The van der Waals surface area contributed by atoms with E-state index in [-0.39, 0.29) is 5.91 Å². The molecule has 1 saturated heterocycles. The van der Waals surface area contributed by atoms with Gasteiger partial charge in [0.1, 0.15) is 0 Å². The van der Waals surface area contributed by atoms with Gasteiger partial charge in [-0.05, 0) is 28.1 Å². The topological polar surface area (TPSA) is 37.4 Å². The molecule has 3 nitrogen and oxygen atoms in total. The molecule has 2 heterocycles. The first-order valence-corrected chi connectivity index (χ1v) is 7.66. The second-order valence-electron chi connectivity index (χ2n) is 3.24. The second-order valence-corrected chi connectivity index (χ2v) is 7.40. The van der Waals surface area contributed by atoms with Crippen LogP contribution >= 0.6 is 27.3 Å². The van der Waals surface area contributed by atoms with Gasteiger partial charge in [0.2, 0.25) is 0 Å². The molecule has 0 unspecified atom stereocenters. The van der Waals surface area contributed by atoms with Crippen molar-refractivity contribution in [2.24, 2.45) is 0 Å². The van der Waals surface area contributed by atoms with E-state index in [1.54, 1.807) is 4.90 Å². The van der Waals surface area contributed by atoms with Crippen molar-refractivity contribution in [1.82, 2.24) is 4.90 Å². The van der Waals surface area contributed by atoms with Crippen LogP contribution in [0.3, 0.4) is 0 Å². The first-order valence-electron chi connectivity index (χ1n) is 4.56. The lowest BCUT2D eigenvalue weighted by atomic mass is 10.4. The molecule has 1 aliphatic rings. The van der Waals surface area contributed by atoms with Crippen LogP contribution in [0.25, 0.3) is 0 Å². The minimum absolute atomic E-state index is 0.0578. The lowest BCUT2D eigenvalue weighted by Gasteiger charge is -2.25. The lowest BCUT2D eigenvalue weighted by Crippen LogP contribution is -2.41. The van der Waals surface area contributed by atoms with Crippen LogP contribution in [0.1, 0.15) is 9.67 Å². The van der Waals surface area contributed by atoms with Crippen molar-refractivity contribution in [3.63, 3.8) is 0 Å². The summed E-state index contributed by atoms with van der Waals surface area (Å²) < 4.78 is 12.1. The highest BCUT2D eigenvalue weighted by Crippen LogP contribution is 2.23. The summed E-state index contributed by atoms with van der Waals surface area (Å²) in [6, 6.07) is 3.70. The fraction of sp³-hybridized carbons (Fsp3) is 0.444. The van der Waals surface area contributed by atoms with E-state index < -0.39 is 10.8 Å². The van der Waals surface area contributed by atoms with E-state index in [2.05, 4.69) is 15.9 Å². The Labute approximate surface area is 103 Å². The Balaban J connectivity index is 2.05. The molecule has 6 heteroatoms. The summed E-state index contributed by atoms with van der Waals surface area (Å²) in [5, 5.41) is 0. The van der Waals surface area contributed by atoms with Crippen molar-refractivity contribution >= 4 is 44.0 Å². The molecule has 2 rings (SSSR count). The zero-order chi connectivity index (χ0) is 10.8. The monoisotopic (exact) mass is 307 g/mol. The van der Waals surface area contributed by atoms with E-state index in [1.807, 2.05) is 12.1 Å². The maximum Gasteiger partial charge on any atom is 0.264 e. The number of halogens is 1. The van der Waals surface area contributed by atoms with E-state index in [0.717, 1.165) is 8.66 Å². The van der Waals surface area contributed by atoms with Crippen molar-refractivity contribution in [3.05, 3.63) is 20.8 Å². The molecule has 15 heavy (non-hydrogen) atoms. The van der Waals surface area contributed by atoms with Gasteiger partial charge in [0.25, 0.3) is 5.91 Å². The van der Waals surface area contributed by atoms with Gasteiger partial charge in [0, 0.05) is 35.4 Å². The highest BCUT2D eigenvalue weighted by molar-refractivity contribution is 9.11. The summed E-state index contributed by atoms with van der Waals surface area (Å²) in [6.45, 7) is 1.22. The number of rotatable bonds is 1. The van der Waals surface area contributed by atoms with E-state index >= 15 is 0 Å². The van der Waals surface area contributed by atoms with Crippen LogP contribution in [0.15, 0.2) is 15.9 Å². The zero-order valence-corrected chi connectivity index (χ0v) is 11.2. The van der Waals surface area contributed by atoms with E-state index in [4.69, 9.17) is 0 Å². The second kappa shape index (κ2) is 4.76. The first-order chi connectivity index (χ1) is 7.16. The smallest absolute Gasteiger partial charge is 0.264 e. The van der Waals surface area contributed by atoms with Gasteiger partial charge in [-0.2, -0.15) is 0 Å². The Morgan fingerprint density at radius 1 is 1.40 bits per heavy atom. The molecular formula is C9H10BrNO2S2. The zero-order valence-electron chi connectivity index (χ0n) is 7.94. The Bertz CT molecular complexity index is 395. The SMILES string of the molecule is O=C(c1ccc(Br)s1)N1CCS(=O)CC1. The molecule has 0 atom stereocenters. The van der Waals surface area contributed by atoms with Crippen LogP contribution < -0.4 is 0 Å². The fourth-order valence-electron chi connectivity index (χ4n) is 1.43. The van der Waals surface area contributed by atoms with Gasteiger partial charge in [-0.25, -0.2) is 0 Å². The summed E-state index contributed by atoms with van der Waals surface area (Å²) in [5.41, 5.74) is 0. The molecule has 0 radical (unpaired) electrons. The van der Waals surface area contributed by atoms with Gasteiger partial charge in [-0.3, -0.25) is 9.00 Å². The summed E-state index contributed by atoms with van der Waals surface area (Å²) in [4.78, 5) is 14.5. The fourth-order valence-corrected chi connectivity index (χ4v) is 3.83. The molecule has 0 N–H and O–H groups in total. The van der Waals surface area contributed by atoms with Crippen LogP contribution in [0.4, 0.5) is 0 Å². The molecule has 82 valence electrons. The normalized spacial score (nSPS) is 18.1. The molecule has 1 amide bonds. The maximum atomic E-state index is 11.9. The van der Waals surface area contributed by atoms with Crippen molar-refractivity contribution in [3.8, 4) is 0 Å². The Morgan fingerprint density at radius 3 is 2.60 bits per heavy atom. The average Bonchev–Trinajstić information content (AvgIpc) is 2.65. The van der Waals surface area contributed by atoms with Gasteiger partial charge < -0.3 is 4.90 Å². The largest absolute Gasteiger partial charge is 0.336 e. The summed E-state index contributed by atoms with van der Waals surface area (Å²) in [7, 11) is -0.728. The minimum Gasteiger partial charge on any atom is -0.336 e. The number of carbonyl (C=O) groups excluding carboxylic acids is 1. The van der Waals surface area contributed by atoms with Crippen LogP contribution in [0, 0.1) is 0 Å². The molecular weight excluding hydrogens is 298 g/mol. The van der Waals surface area contributed by atoms with Gasteiger partial charge >= 0.3 is 0 Å². The minimum atomic E-state index is -0.728. The van der Waals surface area contributed by atoms with Gasteiger partial charge in [0.15, 0.2) is 0 Å². The first kappa shape index (κ1) is 11.3. The molecule has 1 fully saturated rings. The van der Waals surface area contributed by atoms with Crippen molar-refractivity contribution in [2.75, 3.05) is 24.6 Å². The van der Waals surface area contributed by atoms with Crippen LogP contribution in [0.2, 0.25) is 0 Å². The van der Waals surface area contributed by atoms with Gasteiger partial charge in [-0.15, -0.1) is 11.3 Å². The predicted molar refractivity (Wildman–Crippen MR) is 65.8 cm³/mol. The number of hydrogen-bond donors (Lipinski definition) is 0. The third-order valence-electron chi connectivity index (χ3n) is 2.25. The summed E-state index contributed by atoms with van der Waals surface area (Å²) in [5.74, 6) is 1.28. The van der Waals surface area contributed by atoms with Gasteiger partial charge in [0.05, 0.1) is 8.66 Å². The number of thiophene rings is 1. The third-order valence-corrected chi connectivity index (χ3v) is 5.14.